The summed E-state index contributed by atoms with van der Waals surface area (Å²) in [5.41, 5.74) is 0.609. The van der Waals surface area contributed by atoms with Gasteiger partial charge in [-0.25, -0.2) is 9.78 Å². The van der Waals surface area contributed by atoms with Gasteiger partial charge in [0.05, 0.1) is 7.11 Å². The first-order valence-electron chi connectivity index (χ1n) is 11.8. The van der Waals surface area contributed by atoms with E-state index in [-0.39, 0.29) is 11.4 Å². The maximum absolute atomic E-state index is 13.0. The van der Waals surface area contributed by atoms with Crippen LogP contribution >= 0.6 is 0 Å². The van der Waals surface area contributed by atoms with Crippen LogP contribution in [-0.4, -0.2) is 41.2 Å². The van der Waals surface area contributed by atoms with Crippen LogP contribution in [-0.2, 0) is 9.53 Å². The van der Waals surface area contributed by atoms with Crippen molar-refractivity contribution >= 4 is 22.6 Å². The second kappa shape index (κ2) is 11.4. The fourth-order valence-electron chi connectivity index (χ4n) is 3.99. The van der Waals surface area contributed by atoms with Crippen molar-refractivity contribution in [2.24, 2.45) is 0 Å². The maximum atomic E-state index is 13.0. The lowest BCUT2D eigenvalue weighted by Gasteiger charge is -2.27. The third kappa shape index (κ3) is 5.81. The first kappa shape index (κ1) is 25.5. The van der Waals surface area contributed by atoms with Crippen LogP contribution in [0.3, 0.4) is 0 Å². The van der Waals surface area contributed by atoms with Gasteiger partial charge in [-0.05, 0) is 36.8 Å². The van der Waals surface area contributed by atoms with Crippen molar-refractivity contribution in [1.29, 1.82) is 0 Å². The number of para-hydroxylation sites is 1. The Hall–Kier alpha value is -4.59. The van der Waals surface area contributed by atoms with Crippen molar-refractivity contribution in [2.45, 2.75) is 32.1 Å². The van der Waals surface area contributed by atoms with E-state index in [4.69, 9.17) is 14.2 Å². The molecule has 8 nitrogen and oxygen atoms in total. The molecule has 2 N–H and O–H groups in total. The largest absolute Gasteiger partial charge is 0.503 e. The predicted octanol–water partition coefficient (Wildman–Crippen LogP) is 4.82. The number of hydrogen-bond donors (Lipinski definition) is 2. The zero-order valence-corrected chi connectivity index (χ0v) is 20.8. The van der Waals surface area contributed by atoms with E-state index in [0.717, 1.165) is 16.3 Å². The summed E-state index contributed by atoms with van der Waals surface area (Å²) in [7, 11) is 1.36. The quantitative estimate of drug-likeness (QED) is 0.317. The number of hydrogen-bond acceptors (Lipinski definition) is 7. The average Bonchev–Trinajstić information content (AvgIpc) is 2.92. The van der Waals surface area contributed by atoms with Gasteiger partial charge in [0.25, 0.3) is 5.91 Å². The molecule has 4 rings (SSSR count). The Morgan fingerprint density at radius 1 is 0.919 bits per heavy atom. The van der Waals surface area contributed by atoms with Crippen molar-refractivity contribution < 1.29 is 28.9 Å². The highest BCUT2D eigenvalue weighted by Crippen LogP contribution is 2.32. The van der Waals surface area contributed by atoms with Crippen LogP contribution in [0.2, 0.25) is 0 Å². The molecule has 0 saturated carbocycles. The van der Waals surface area contributed by atoms with Crippen LogP contribution in [0, 0.1) is 0 Å². The third-order valence-electron chi connectivity index (χ3n) is 5.89. The molecule has 4 aromatic rings. The summed E-state index contributed by atoms with van der Waals surface area (Å²) in [4.78, 5) is 29.5. The number of benzene rings is 3. The molecule has 0 aliphatic carbocycles. The molecule has 3 atom stereocenters. The summed E-state index contributed by atoms with van der Waals surface area (Å²) in [6, 6.07) is 23.5. The van der Waals surface area contributed by atoms with E-state index in [1.165, 1.54) is 26.3 Å². The number of nitrogens with zero attached hydrogens (tertiary/aromatic N) is 1. The first-order chi connectivity index (χ1) is 17.9. The van der Waals surface area contributed by atoms with Gasteiger partial charge in [0, 0.05) is 17.8 Å². The van der Waals surface area contributed by atoms with Gasteiger partial charge in [-0.2, -0.15) is 0 Å². The van der Waals surface area contributed by atoms with Crippen LogP contribution in [0.1, 0.15) is 36.0 Å². The van der Waals surface area contributed by atoms with Gasteiger partial charge in [-0.3, -0.25) is 4.79 Å². The normalized spacial score (nSPS) is 13.3. The zero-order chi connectivity index (χ0) is 26.4. The molecule has 1 amide bonds. The summed E-state index contributed by atoms with van der Waals surface area (Å²) in [5, 5.41) is 14.7. The van der Waals surface area contributed by atoms with E-state index in [1.54, 1.807) is 6.92 Å². The summed E-state index contributed by atoms with van der Waals surface area (Å²) in [5.74, 6) is -1.09. The molecule has 37 heavy (non-hydrogen) atoms. The first-order valence-corrected chi connectivity index (χ1v) is 11.8. The molecule has 0 aliphatic heterocycles. The molecular formula is C29H28N2O6. The Morgan fingerprint density at radius 3 is 2.38 bits per heavy atom. The summed E-state index contributed by atoms with van der Waals surface area (Å²) in [6.07, 6.45) is -0.000487. The molecule has 0 saturated heterocycles. The number of aromatic nitrogens is 1. The molecule has 0 unspecified atom stereocenters. The Balaban J connectivity index is 1.54. The molecule has 0 radical (unpaired) electrons. The average molecular weight is 501 g/mol. The molecule has 1 aromatic heterocycles. The highest BCUT2D eigenvalue weighted by Gasteiger charge is 2.29. The summed E-state index contributed by atoms with van der Waals surface area (Å²) >= 11 is 0. The Labute approximate surface area is 214 Å². The van der Waals surface area contributed by atoms with Gasteiger partial charge < -0.3 is 24.6 Å². The number of pyridine rings is 1. The van der Waals surface area contributed by atoms with E-state index >= 15 is 0 Å². The van der Waals surface area contributed by atoms with Crippen LogP contribution in [0.15, 0.2) is 85.1 Å². The summed E-state index contributed by atoms with van der Waals surface area (Å²) in [6.45, 7) is 3.24. The molecule has 1 heterocycles. The molecule has 0 fully saturated rings. The minimum Gasteiger partial charge on any atom is -0.503 e. The van der Waals surface area contributed by atoms with Gasteiger partial charge in [-0.15, -0.1) is 0 Å². The molecule has 0 bridgehead atoms. The number of carbonyl (C=O) groups is 2. The number of esters is 1. The number of aromatic hydroxyl groups is 1. The van der Waals surface area contributed by atoms with Crippen LogP contribution in [0.5, 0.6) is 17.2 Å². The van der Waals surface area contributed by atoms with Crippen LogP contribution < -0.4 is 14.8 Å². The van der Waals surface area contributed by atoms with Gasteiger partial charge in [0.2, 0.25) is 0 Å². The molecule has 0 aliphatic rings. The number of ether oxygens (including phenoxy) is 3. The smallest absolute Gasteiger partial charge is 0.328 e. The molecule has 190 valence electrons. The van der Waals surface area contributed by atoms with E-state index in [1.807, 2.05) is 72.8 Å². The second-order valence-corrected chi connectivity index (χ2v) is 8.47. The highest BCUT2D eigenvalue weighted by molar-refractivity contribution is 5.97. The maximum Gasteiger partial charge on any atom is 0.328 e. The number of methoxy groups -OCH3 is 1. The van der Waals surface area contributed by atoms with Gasteiger partial charge in [0.1, 0.15) is 17.9 Å². The van der Waals surface area contributed by atoms with Gasteiger partial charge in [-0.1, -0.05) is 60.7 Å². The number of carbonyl (C=O) groups excluding carboxylic acids is 2. The van der Waals surface area contributed by atoms with Crippen LogP contribution in [0.4, 0.5) is 0 Å². The molecule has 0 spiro atoms. The number of fused-ring (bicyclic) bond motifs is 1. The lowest BCUT2D eigenvalue weighted by molar-refractivity contribution is -0.154. The Morgan fingerprint density at radius 2 is 1.62 bits per heavy atom. The highest BCUT2D eigenvalue weighted by atomic mass is 16.6. The topological polar surface area (TPSA) is 107 Å². The van der Waals surface area contributed by atoms with Crippen molar-refractivity contribution in [3.8, 4) is 17.2 Å². The zero-order valence-electron chi connectivity index (χ0n) is 20.8. The fraction of sp³-hybridized carbons (Fsp3) is 0.207. The van der Waals surface area contributed by atoms with E-state index in [2.05, 4.69) is 10.3 Å². The lowest BCUT2D eigenvalue weighted by Crippen LogP contribution is -2.42. The summed E-state index contributed by atoms with van der Waals surface area (Å²) < 4.78 is 17.1. The fourth-order valence-corrected chi connectivity index (χ4v) is 3.99. The van der Waals surface area contributed by atoms with Crippen molar-refractivity contribution in [3.63, 3.8) is 0 Å². The van der Waals surface area contributed by atoms with Crippen LogP contribution in [0.25, 0.3) is 10.8 Å². The third-order valence-corrected chi connectivity index (χ3v) is 5.89. The van der Waals surface area contributed by atoms with Crippen molar-refractivity contribution in [2.75, 3.05) is 7.11 Å². The molecule has 8 heteroatoms. The molecule has 3 aromatic carbocycles. The minimum atomic E-state index is -1.02. The number of nitrogens with one attached hydrogen (secondary N) is 1. The van der Waals surface area contributed by atoms with E-state index in [9.17, 15) is 14.7 Å². The Kier molecular flexibility index (Phi) is 7.88. The monoisotopic (exact) mass is 500 g/mol. The van der Waals surface area contributed by atoms with Gasteiger partial charge >= 0.3 is 5.97 Å². The predicted molar refractivity (Wildman–Crippen MR) is 139 cm³/mol. The van der Waals surface area contributed by atoms with E-state index in [0.29, 0.717) is 5.75 Å². The number of amides is 1. The van der Waals surface area contributed by atoms with Crippen molar-refractivity contribution in [1.82, 2.24) is 10.3 Å². The number of rotatable bonds is 9. The minimum absolute atomic E-state index is 0.0972. The van der Waals surface area contributed by atoms with Gasteiger partial charge in [0.15, 0.2) is 23.3 Å². The van der Waals surface area contributed by atoms with Crippen molar-refractivity contribution in [3.05, 3.63) is 96.3 Å². The van der Waals surface area contributed by atoms with E-state index < -0.39 is 35.9 Å². The standard InChI is InChI=1S/C29H28N2O6/c1-18(31-28(33)25-26(32)24(35-3)16-17-30-25)29(34)36-19(2)27(37-21-12-5-4-6-13-21)23-15-9-11-20-10-7-8-14-22(20)23/h4-19,27,32H,1-3H3,(H,31,33)/t18-,19-,27-/m0/s1. The Bertz CT molecular complexity index is 1390. The second-order valence-electron chi connectivity index (χ2n) is 8.47. The molecular weight excluding hydrogens is 472 g/mol. The lowest BCUT2D eigenvalue weighted by atomic mass is 9.97. The SMILES string of the molecule is COc1ccnc(C(=O)N[C@@H](C)C(=O)O[C@@H](C)[C@H](Oc2ccccc2)c2cccc3ccccc23)c1O.